The predicted molar refractivity (Wildman–Crippen MR) is 79.2 cm³/mol. The van der Waals surface area contributed by atoms with Gasteiger partial charge in [-0.05, 0) is 44.3 Å². The van der Waals surface area contributed by atoms with Gasteiger partial charge in [-0.25, -0.2) is 0 Å². The average molecular weight is 270 g/mol. The summed E-state index contributed by atoms with van der Waals surface area (Å²) in [6.07, 6.45) is 0. The highest BCUT2D eigenvalue weighted by molar-refractivity contribution is 7.10. The molecule has 0 aromatic carbocycles. The molecule has 0 aliphatic rings. The van der Waals surface area contributed by atoms with E-state index in [2.05, 4.69) is 44.0 Å². The van der Waals surface area contributed by atoms with Crippen LogP contribution in [0.3, 0.4) is 0 Å². The van der Waals surface area contributed by atoms with Crippen LogP contribution < -0.4 is 5.73 Å². The smallest absolute Gasteiger partial charge is 0.0615 e. The van der Waals surface area contributed by atoms with Crippen LogP contribution in [0.15, 0.2) is 11.4 Å². The molecule has 0 saturated heterocycles. The second-order valence-electron chi connectivity index (χ2n) is 4.91. The summed E-state index contributed by atoms with van der Waals surface area (Å²) in [6.45, 7) is 10.4. The molecule has 104 valence electrons. The van der Waals surface area contributed by atoms with Crippen molar-refractivity contribution in [1.29, 1.82) is 0 Å². The van der Waals surface area contributed by atoms with E-state index in [0.29, 0.717) is 6.04 Å². The fourth-order valence-corrected chi connectivity index (χ4v) is 3.66. The summed E-state index contributed by atoms with van der Waals surface area (Å²) in [5.41, 5.74) is 7.57. The van der Waals surface area contributed by atoms with Gasteiger partial charge in [-0.2, -0.15) is 0 Å². The van der Waals surface area contributed by atoms with Gasteiger partial charge in [-0.3, -0.25) is 4.90 Å². The molecular formula is C14H26N2OS. The fraction of sp³-hybridized carbons (Fsp3) is 0.714. The maximum Gasteiger partial charge on any atom is 0.0615 e. The standard InChI is InChI=1S/C14H26N2OS/c1-6-16(11(3)9-17-5)13(12(4)15)14-10(2)7-8-18-14/h7-8,11-13H,6,9,15H2,1-5H3. The second-order valence-corrected chi connectivity index (χ2v) is 5.85. The van der Waals surface area contributed by atoms with Crippen molar-refractivity contribution < 1.29 is 4.74 Å². The number of hydrogen-bond donors (Lipinski definition) is 1. The third kappa shape index (κ3) is 3.54. The van der Waals surface area contributed by atoms with Gasteiger partial charge in [0.1, 0.15) is 0 Å². The van der Waals surface area contributed by atoms with E-state index in [9.17, 15) is 0 Å². The number of nitrogens with zero attached hydrogens (tertiary/aromatic N) is 1. The minimum atomic E-state index is 0.113. The lowest BCUT2D eigenvalue weighted by Gasteiger charge is -2.37. The van der Waals surface area contributed by atoms with E-state index in [1.807, 2.05) is 0 Å². The molecule has 1 heterocycles. The zero-order valence-corrected chi connectivity index (χ0v) is 13.0. The molecule has 3 unspecified atom stereocenters. The van der Waals surface area contributed by atoms with E-state index in [4.69, 9.17) is 10.5 Å². The van der Waals surface area contributed by atoms with Crippen molar-refractivity contribution in [2.75, 3.05) is 20.3 Å². The molecule has 3 atom stereocenters. The van der Waals surface area contributed by atoms with E-state index < -0.39 is 0 Å². The summed E-state index contributed by atoms with van der Waals surface area (Å²) < 4.78 is 5.28. The number of likely N-dealkylation sites (N-methyl/N-ethyl adjacent to an activating group) is 1. The average Bonchev–Trinajstić information content (AvgIpc) is 2.71. The molecule has 0 spiro atoms. The van der Waals surface area contributed by atoms with Crippen LogP contribution in [0, 0.1) is 6.92 Å². The Bertz CT molecular complexity index is 351. The highest BCUT2D eigenvalue weighted by Crippen LogP contribution is 2.32. The van der Waals surface area contributed by atoms with Gasteiger partial charge < -0.3 is 10.5 Å². The van der Waals surface area contributed by atoms with Crippen LogP contribution in [0.25, 0.3) is 0 Å². The minimum Gasteiger partial charge on any atom is -0.383 e. The van der Waals surface area contributed by atoms with Crippen LogP contribution in [0.4, 0.5) is 0 Å². The lowest BCUT2D eigenvalue weighted by atomic mass is 10.0. The Kier molecular flexibility index (Phi) is 6.29. The molecule has 2 N–H and O–H groups in total. The quantitative estimate of drug-likeness (QED) is 0.828. The molecule has 0 bridgehead atoms. The lowest BCUT2D eigenvalue weighted by Crippen LogP contribution is -2.45. The first-order valence-corrected chi connectivity index (χ1v) is 7.45. The molecule has 0 radical (unpaired) electrons. The molecule has 4 heteroatoms. The minimum absolute atomic E-state index is 0.113. The van der Waals surface area contributed by atoms with E-state index in [0.717, 1.165) is 13.2 Å². The Hall–Kier alpha value is -0.420. The largest absolute Gasteiger partial charge is 0.383 e. The van der Waals surface area contributed by atoms with Crippen molar-refractivity contribution in [2.45, 2.75) is 45.8 Å². The molecule has 3 nitrogen and oxygen atoms in total. The van der Waals surface area contributed by atoms with Gasteiger partial charge in [-0.15, -0.1) is 11.3 Å². The zero-order valence-electron chi connectivity index (χ0n) is 12.1. The van der Waals surface area contributed by atoms with Gasteiger partial charge >= 0.3 is 0 Å². The number of methoxy groups -OCH3 is 1. The van der Waals surface area contributed by atoms with Crippen molar-refractivity contribution in [3.8, 4) is 0 Å². The molecular weight excluding hydrogens is 244 g/mol. The number of rotatable bonds is 7. The first-order valence-electron chi connectivity index (χ1n) is 6.57. The second kappa shape index (κ2) is 7.24. The monoisotopic (exact) mass is 270 g/mol. The van der Waals surface area contributed by atoms with Crippen molar-refractivity contribution >= 4 is 11.3 Å². The number of hydrogen-bond acceptors (Lipinski definition) is 4. The van der Waals surface area contributed by atoms with Crippen molar-refractivity contribution in [3.05, 3.63) is 21.9 Å². The van der Waals surface area contributed by atoms with Crippen LogP contribution >= 0.6 is 11.3 Å². The number of thiophene rings is 1. The first-order chi connectivity index (χ1) is 8.52. The van der Waals surface area contributed by atoms with E-state index in [1.165, 1.54) is 10.4 Å². The predicted octanol–water partition coefficient (Wildman–Crippen LogP) is 2.80. The maximum absolute atomic E-state index is 6.23. The Labute approximate surface area is 115 Å². The summed E-state index contributed by atoms with van der Waals surface area (Å²) >= 11 is 1.80. The molecule has 1 rings (SSSR count). The van der Waals surface area contributed by atoms with Crippen LogP contribution in [0.1, 0.15) is 37.3 Å². The van der Waals surface area contributed by atoms with E-state index in [1.54, 1.807) is 18.4 Å². The normalized spacial score (nSPS) is 16.8. The maximum atomic E-state index is 6.23. The van der Waals surface area contributed by atoms with Crippen molar-refractivity contribution in [3.63, 3.8) is 0 Å². The van der Waals surface area contributed by atoms with Gasteiger partial charge in [-0.1, -0.05) is 6.92 Å². The molecule has 0 amide bonds. The Morgan fingerprint density at radius 2 is 2.11 bits per heavy atom. The molecule has 0 aliphatic carbocycles. The summed E-state index contributed by atoms with van der Waals surface area (Å²) in [6, 6.07) is 2.93. The van der Waals surface area contributed by atoms with Gasteiger partial charge in [0.2, 0.25) is 0 Å². The van der Waals surface area contributed by atoms with Crippen LogP contribution in [0.2, 0.25) is 0 Å². The van der Waals surface area contributed by atoms with Crippen molar-refractivity contribution in [1.82, 2.24) is 4.90 Å². The summed E-state index contributed by atoms with van der Waals surface area (Å²) in [5.74, 6) is 0. The summed E-state index contributed by atoms with van der Waals surface area (Å²) in [4.78, 5) is 3.82. The summed E-state index contributed by atoms with van der Waals surface area (Å²) in [7, 11) is 1.75. The van der Waals surface area contributed by atoms with Crippen LogP contribution in [0.5, 0.6) is 0 Å². The molecule has 18 heavy (non-hydrogen) atoms. The number of aryl methyl sites for hydroxylation is 1. The van der Waals surface area contributed by atoms with Gasteiger partial charge in [0.05, 0.1) is 12.6 Å². The van der Waals surface area contributed by atoms with Crippen molar-refractivity contribution in [2.24, 2.45) is 5.73 Å². The topological polar surface area (TPSA) is 38.5 Å². The fourth-order valence-electron chi connectivity index (χ4n) is 2.50. The highest BCUT2D eigenvalue weighted by Gasteiger charge is 2.28. The van der Waals surface area contributed by atoms with E-state index >= 15 is 0 Å². The molecule has 1 aromatic rings. The number of ether oxygens (including phenoxy) is 1. The SMILES string of the molecule is CCN(C(C)COC)C(c1sccc1C)C(C)N. The molecule has 1 aromatic heterocycles. The molecule has 0 fully saturated rings. The molecule has 0 saturated carbocycles. The van der Waals surface area contributed by atoms with Gasteiger partial charge in [0, 0.05) is 24.1 Å². The lowest BCUT2D eigenvalue weighted by molar-refractivity contribution is 0.0665. The first kappa shape index (κ1) is 15.6. The Morgan fingerprint density at radius 1 is 1.44 bits per heavy atom. The third-order valence-electron chi connectivity index (χ3n) is 3.36. The molecule has 0 aliphatic heterocycles. The number of nitrogens with two attached hydrogens (primary N) is 1. The van der Waals surface area contributed by atoms with Gasteiger partial charge in [0.15, 0.2) is 0 Å². The Balaban J connectivity index is 2.99. The van der Waals surface area contributed by atoms with Crippen LogP contribution in [-0.2, 0) is 4.74 Å². The third-order valence-corrected chi connectivity index (χ3v) is 4.45. The van der Waals surface area contributed by atoms with Gasteiger partial charge in [0.25, 0.3) is 0 Å². The summed E-state index contributed by atoms with van der Waals surface area (Å²) in [5, 5.41) is 2.15. The highest BCUT2D eigenvalue weighted by atomic mass is 32.1. The van der Waals surface area contributed by atoms with E-state index in [-0.39, 0.29) is 12.1 Å². The van der Waals surface area contributed by atoms with Crippen LogP contribution in [-0.4, -0.2) is 37.2 Å². The zero-order chi connectivity index (χ0) is 13.7. The Morgan fingerprint density at radius 3 is 2.50 bits per heavy atom.